The van der Waals surface area contributed by atoms with E-state index in [-0.39, 0.29) is 30.0 Å². The van der Waals surface area contributed by atoms with Crippen molar-refractivity contribution in [1.29, 1.82) is 5.26 Å². The number of rotatable bonds is 5. The number of amides is 2. The second kappa shape index (κ2) is 7.65. The molecule has 7 heteroatoms. The second-order valence-corrected chi connectivity index (χ2v) is 4.96. The summed E-state index contributed by atoms with van der Waals surface area (Å²) in [5, 5.41) is 32.6. The van der Waals surface area contributed by atoms with Crippen LogP contribution in [0.4, 0.5) is 5.69 Å². The predicted molar refractivity (Wildman–Crippen MR) is 86.2 cm³/mol. The van der Waals surface area contributed by atoms with Crippen molar-refractivity contribution in [3.8, 4) is 17.6 Å². The maximum Gasteiger partial charge on any atom is 0.251 e. The van der Waals surface area contributed by atoms with Gasteiger partial charge in [0.1, 0.15) is 17.9 Å². The Kier molecular flexibility index (Phi) is 5.36. The van der Waals surface area contributed by atoms with E-state index in [9.17, 15) is 19.8 Å². The van der Waals surface area contributed by atoms with Crippen LogP contribution in [0.3, 0.4) is 0 Å². The van der Waals surface area contributed by atoms with Gasteiger partial charge in [0.25, 0.3) is 5.91 Å². The van der Waals surface area contributed by atoms with Gasteiger partial charge in [-0.3, -0.25) is 9.59 Å². The molecule has 2 aromatic carbocycles. The molecule has 7 nitrogen and oxygen atoms in total. The minimum atomic E-state index is -0.487. The van der Waals surface area contributed by atoms with Gasteiger partial charge in [0.15, 0.2) is 0 Å². The number of benzene rings is 2. The fourth-order valence-electron chi connectivity index (χ4n) is 2.07. The molecular formula is C17H15N3O4. The van der Waals surface area contributed by atoms with Crippen molar-refractivity contribution in [1.82, 2.24) is 5.32 Å². The zero-order valence-corrected chi connectivity index (χ0v) is 12.6. The molecule has 0 aliphatic carbocycles. The highest BCUT2D eigenvalue weighted by atomic mass is 16.3. The smallest absolute Gasteiger partial charge is 0.251 e. The third-order valence-corrected chi connectivity index (χ3v) is 3.14. The van der Waals surface area contributed by atoms with Crippen LogP contribution < -0.4 is 10.6 Å². The number of nitrogens with one attached hydrogen (secondary N) is 2. The van der Waals surface area contributed by atoms with Crippen LogP contribution in [0.5, 0.6) is 11.5 Å². The van der Waals surface area contributed by atoms with Crippen molar-refractivity contribution in [2.75, 3.05) is 5.32 Å². The predicted octanol–water partition coefficient (Wildman–Crippen LogP) is 1.88. The standard InChI is InChI=1S/C17H15N3O4/c18-6-5-16(23)20-15-4-2-1-3-11(15)10-19-17(24)12-7-13(21)9-14(22)8-12/h1-4,7-9,21-22H,5,10H2,(H,19,24)(H,20,23). The average molecular weight is 325 g/mol. The molecule has 0 atom stereocenters. The molecule has 0 heterocycles. The molecule has 24 heavy (non-hydrogen) atoms. The van der Waals surface area contributed by atoms with E-state index < -0.39 is 11.8 Å². The quantitative estimate of drug-likeness (QED) is 0.668. The first-order valence-corrected chi connectivity index (χ1v) is 7.05. The van der Waals surface area contributed by atoms with Crippen LogP contribution in [-0.2, 0) is 11.3 Å². The number of para-hydroxylation sites is 1. The minimum Gasteiger partial charge on any atom is -0.508 e. The summed E-state index contributed by atoms with van der Waals surface area (Å²) in [6.07, 6.45) is -0.261. The number of nitriles is 1. The van der Waals surface area contributed by atoms with Gasteiger partial charge >= 0.3 is 0 Å². The SMILES string of the molecule is N#CCC(=O)Nc1ccccc1CNC(=O)c1cc(O)cc(O)c1. The molecule has 0 aliphatic heterocycles. The summed E-state index contributed by atoms with van der Waals surface area (Å²) in [5.74, 6) is -1.36. The minimum absolute atomic E-state index is 0.110. The van der Waals surface area contributed by atoms with Gasteiger partial charge in [-0.25, -0.2) is 0 Å². The Morgan fingerprint density at radius 3 is 2.42 bits per heavy atom. The van der Waals surface area contributed by atoms with E-state index in [1.165, 1.54) is 12.1 Å². The first kappa shape index (κ1) is 16.8. The number of nitrogens with zero attached hydrogens (tertiary/aromatic N) is 1. The maximum atomic E-state index is 12.1. The number of anilines is 1. The van der Waals surface area contributed by atoms with E-state index in [4.69, 9.17) is 5.26 Å². The van der Waals surface area contributed by atoms with Crippen molar-refractivity contribution in [3.63, 3.8) is 0 Å². The van der Waals surface area contributed by atoms with Crippen molar-refractivity contribution in [3.05, 3.63) is 53.6 Å². The van der Waals surface area contributed by atoms with Crippen LogP contribution in [0.15, 0.2) is 42.5 Å². The first-order chi connectivity index (χ1) is 11.5. The van der Waals surface area contributed by atoms with Crippen LogP contribution >= 0.6 is 0 Å². The summed E-state index contributed by atoms with van der Waals surface area (Å²) >= 11 is 0. The van der Waals surface area contributed by atoms with Crippen LogP contribution in [-0.4, -0.2) is 22.0 Å². The van der Waals surface area contributed by atoms with Gasteiger partial charge in [-0.1, -0.05) is 18.2 Å². The highest BCUT2D eigenvalue weighted by Gasteiger charge is 2.10. The zero-order valence-electron chi connectivity index (χ0n) is 12.6. The Balaban J connectivity index is 2.07. The molecule has 0 saturated heterocycles. The Bertz CT molecular complexity index is 791. The molecule has 122 valence electrons. The molecule has 0 radical (unpaired) electrons. The molecule has 2 rings (SSSR count). The van der Waals surface area contributed by atoms with E-state index in [0.717, 1.165) is 6.07 Å². The second-order valence-electron chi connectivity index (χ2n) is 4.96. The molecule has 0 saturated carbocycles. The van der Waals surface area contributed by atoms with Gasteiger partial charge in [-0.05, 0) is 23.8 Å². The summed E-state index contributed by atoms with van der Waals surface area (Å²) in [5.41, 5.74) is 1.26. The Labute approximate surface area is 138 Å². The molecule has 0 bridgehead atoms. The molecule has 2 aromatic rings. The van der Waals surface area contributed by atoms with Crippen LogP contribution in [0.2, 0.25) is 0 Å². The summed E-state index contributed by atoms with van der Waals surface area (Å²) in [6, 6.07) is 12.2. The van der Waals surface area contributed by atoms with E-state index in [1.807, 2.05) is 0 Å². The van der Waals surface area contributed by atoms with Crippen molar-refractivity contribution in [2.45, 2.75) is 13.0 Å². The van der Waals surface area contributed by atoms with Gasteiger partial charge in [0, 0.05) is 23.9 Å². The van der Waals surface area contributed by atoms with Gasteiger partial charge in [0.05, 0.1) is 6.07 Å². The first-order valence-electron chi connectivity index (χ1n) is 7.05. The van der Waals surface area contributed by atoms with Crippen LogP contribution in [0, 0.1) is 11.3 Å². The molecule has 0 fully saturated rings. The maximum absolute atomic E-state index is 12.1. The fourth-order valence-corrected chi connectivity index (χ4v) is 2.07. The number of carbonyl (C=O) groups is 2. The van der Waals surface area contributed by atoms with Crippen molar-refractivity contribution in [2.24, 2.45) is 0 Å². The molecule has 2 amide bonds. The molecule has 0 spiro atoms. The van der Waals surface area contributed by atoms with Gasteiger partial charge < -0.3 is 20.8 Å². The number of hydrogen-bond donors (Lipinski definition) is 4. The van der Waals surface area contributed by atoms with E-state index >= 15 is 0 Å². The molecular weight excluding hydrogens is 310 g/mol. The Morgan fingerprint density at radius 2 is 1.75 bits per heavy atom. The van der Waals surface area contributed by atoms with Crippen molar-refractivity contribution < 1.29 is 19.8 Å². The summed E-state index contributed by atoms with van der Waals surface area (Å²) in [7, 11) is 0. The number of phenolic OH excluding ortho intramolecular Hbond substituents is 2. The highest BCUT2D eigenvalue weighted by Crippen LogP contribution is 2.21. The summed E-state index contributed by atoms with van der Waals surface area (Å²) < 4.78 is 0. The normalized spacial score (nSPS) is 9.79. The number of carbonyl (C=O) groups excluding carboxylic acids is 2. The topological polar surface area (TPSA) is 122 Å². The lowest BCUT2D eigenvalue weighted by Crippen LogP contribution is -2.23. The van der Waals surface area contributed by atoms with Crippen LogP contribution in [0.1, 0.15) is 22.3 Å². The largest absolute Gasteiger partial charge is 0.508 e. The molecule has 0 aliphatic rings. The van der Waals surface area contributed by atoms with Gasteiger partial charge in [0.2, 0.25) is 5.91 Å². The zero-order chi connectivity index (χ0) is 17.5. The van der Waals surface area contributed by atoms with Crippen molar-refractivity contribution >= 4 is 17.5 Å². The van der Waals surface area contributed by atoms with Gasteiger partial charge in [-0.2, -0.15) is 5.26 Å². The number of aromatic hydroxyl groups is 2. The number of phenols is 2. The third-order valence-electron chi connectivity index (χ3n) is 3.14. The third kappa shape index (κ3) is 4.48. The lowest BCUT2D eigenvalue weighted by atomic mass is 10.1. The summed E-state index contributed by atoms with van der Waals surface area (Å²) in [4.78, 5) is 23.6. The fraction of sp³-hybridized carbons (Fsp3) is 0.118. The summed E-state index contributed by atoms with van der Waals surface area (Å²) in [6.45, 7) is 0.123. The van der Waals surface area contributed by atoms with E-state index in [1.54, 1.807) is 30.3 Å². The lowest BCUT2D eigenvalue weighted by molar-refractivity contribution is -0.115. The molecule has 0 aromatic heterocycles. The monoisotopic (exact) mass is 325 g/mol. The van der Waals surface area contributed by atoms with E-state index in [0.29, 0.717) is 11.3 Å². The Hall–Kier alpha value is -3.53. The van der Waals surface area contributed by atoms with Crippen LogP contribution in [0.25, 0.3) is 0 Å². The lowest BCUT2D eigenvalue weighted by Gasteiger charge is -2.11. The molecule has 0 unspecified atom stereocenters. The molecule has 4 N–H and O–H groups in total. The average Bonchev–Trinajstić information content (AvgIpc) is 2.53. The Morgan fingerprint density at radius 1 is 1.08 bits per heavy atom. The number of hydrogen-bond acceptors (Lipinski definition) is 5. The highest BCUT2D eigenvalue weighted by molar-refractivity contribution is 5.95. The van der Waals surface area contributed by atoms with E-state index in [2.05, 4.69) is 10.6 Å². The van der Waals surface area contributed by atoms with Gasteiger partial charge in [-0.15, -0.1) is 0 Å².